The smallest absolute Gasteiger partial charge is 0.237 e. The highest BCUT2D eigenvalue weighted by Crippen LogP contribution is 2.32. The van der Waals surface area contributed by atoms with Crippen LogP contribution >= 0.6 is 27.5 Å². The van der Waals surface area contributed by atoms with E-state index in [-0.39, 0.29) is 5.88 Å². The zero-order valence-corrected chi connectivity index (χ0v) is 9.34. The Morgan fingerprint density at radius 2 is 2.21 bits per heavy atom. The lowest BCUT2D eigenvalue weighted by Gasteiger charge is -1.96. The van der Waals surface area contributed by atoms with Crippen molar-refractivity contribution in [2.24, 2.45) is 0 Å². The van der Waals surface area contributed by atoms with Crippen LogP contribution in [-0.4, -0.2) is 5.16 Å². The maximum atomic E-state index is 5.85. The van der Waals surface area contributed by atoms with Gasteiger partial charge in [0.25, 0.3) is 0 Å². The minimum Gasteiger partial charge on any atom is -0.367 e. The van der Waals surface area contributed by atoms with Crippen LogP contribution < -0.4 is 5.73 Å². The number of nitrogen functional groups attached to an aromatic ring is 1. The van der Waals surface area contributed by atoms with Crippen molar-refractivity contribution in [3.8, 4) is 11.3 Å². The topological polar surface area (TPSA) is 52.0 Å². The Balaban J connectivity index is 2.55. The number of halogens is 2. The van der Waals surface area contributed by atoms with Gasteiger partial charge in [0, 0.05) is 10.6 Å². The molecule has 0 fully saturated rings. The molecule has 0 aliphatic carbocycles. The Kier molecular flexibility index (Phi) is 2.48. The molecule has 5 heteroatoms. The molecule has 1 aromatic heterocycles. The average Bonchev–Trinajstić information content (AvgIpc) is 2.48. The first-order valence-corrected chi connectivity index (χ1v) is 5.02. The van der Waals surface area contributed by atoms with Crippen molar-refractivity contribution in [1.29, 1.82) is 0 Å². The fourth-order valence-corrected chi connectivity index (χ4v) is 1.67. The maximum absolute atomic E-state index is 5.85. The molecule has 0 unspecified atom stereocenters. The molecule has 0 radical (unpaired) electrons. The quantitative estimate of drug-likeness (QED) is 0.867. The van der Waals surface area contributed by atoms with Gasteiger partial charge >= 0.3 is 0 Å². The van der Waals surface area contributed by atoms with Crippen molar-refractivity contribution in [3.63, 3.8) is 0 Å². The van der Waals surface area contributed by atoms with Crippen LogP contribution in [0.4, 0.5) is 5.88 Å². The molecule has 72 valence electrons. The maximum Gasteiger partial charge on any atom is 0.237 e. The Hall–Kier alpha value is -1.000. The van der Waals surface area contributed by atoms with Crippen LogP contribution in [0.5, 0.6) is 0 Å². The third-order valence-corrected chi connectivity index (χ3v) is 2.76. The van der Waals surface area contributed by atoms with Crippen molar-refractivity contribution in [3.05, 3.63) is 33.8 Å². The van der Waals surface area contributed by atoms with Gasteiger partial charge in [0.1, 0.15) is 10.2 Å². The van der Waals surface area contributed by atoms with Gasteiger partial charge < -0.3 is 10.3 Å². The fourth-order valence-electron chi connectivity index (χ4n) is 1.11. The van der Waals surface area contributed by atoms with Crippen LogP contribution in [0.1, 0.15) is 0 Å². The molecule has 0 aliphatic rings. The van der Waals surface area contributed by atoms with E-state index in [2.05, 4.69) is 21.1 Å². The summed E-state index contributed by atoms with van der Waals surface area (Å²) < 4.78 is 5.48. The van der Waals surface area contributed by atoms with Crippen molar-refractivity contribution in [2.45, 2.75) is 0 Å². The van der Waals surface area contributed by atoms with Crippen LogP contribution in [0.2, 0.25) is 5.02 Å². The average molecular weight is 274 g/mol. The van der Waals surface area contributed by atoms with E-state index >= 15 is 0 Å². The van der Waals surface area contributed by atoms with Gasteiger partial charge in [0.15, 0.2) is 0 Å². The number of anilines is 1. The molecule has 0 amide bonds. The standard InChI is InChI=1S/C9H6BrClN2O/c10-7-8(13-14-9(7)12)5-2-1-3-6(11)4-5/h1-4H,12H2. The van der Waals surface area contributed by atoms with E-state index in [0.717, 1.165) is 5.56 Å². The van der Waals surface area contributed by atoms with Crippen molar-refractivity contribution >= 4 is 33.4 Å². The van der Waals surface area contributed by atoms with Gasteiger partial charge in [-0.25, -0.2) is 0 Å². The summed E-state index contributed by atoms with van der Waals surface area (Å²) in [7, 11) is 0. The van der Waals surface area contributed by atoms with E-state index in [1.54, 1.807) is 12.1 Å². The van der Waals surface area contributed by atoms with Crippen LogP contribution in [-0.2, 0) is 0 Å². The number of nitrogens with two attached hydrogens (primary N) is 1. The zero-order chi connectivity index (χ0) is 10.1. The van der Waals surface area contributed by atoms with Crippen LogP contribution in [0, 0.1) is 0 Å². The van der Waals surface area contributed by atoms with Crippen LogP contribution in [0.3, 0.4) is 0 Å². The molecule has 1 aromatic carbocycles. The number of hydrogen-bond acceptors (Lipinski definition) is 3. The summed E-state index contributed by atoms with van der Waals surface area (Å²) in [6.45, 7) is 0. The monoisotopic (exact) mass is 272 g/mol. The summed E-state index contributed by atoms with van der Waals surface area (Å²) in [5, 5.41) is 4.47. The molecular formula is C9H6BrClN2O. The zero-order valence-electron chi connectivity index (χ0n) is 7.00. The fraction of sp³-hybridized carbons (Fsp3) is 0. The minimum atomic E-state index is 0.264. The first-order valence-electron chi connectivity index (χ1n) is 3.85. The first-order chi connectivity index (χ1) is 6.68. The molecule has 0 aliphatic heterocycles. The predicted molar refractivity (Wildman–Crippen MR) is 59.1 cm³/mol. The normalized spacial score (nSPS) is 10.4. The first kappa shape index (κ1) is 9.55. The largest absolute Gasteiger partial charge is 0.367 e. The summed E-state index contributed by atoms with van der Waals surface area (Å²) in [5.74, 6) is 0.264. The van der Waals surface area contributed by atoms with Gasteiger partial charge in [0.05, 0.1) is 0 Å². The van der Waals surface area contributed by atoms with E-state index in [9.17, 15) is 0 Å². The Labute approximate surface area is 94.0 Å². The number of hydrogen-bond donors (Lipinski definition) is 1. The van der Waals surface area contributed by atoms with E-state index in [1.165, 1.54) is 0 Å². The van der Waals surface area contributed by atoms with Gasteiger partial charge in [-0.1, -0.05) is 28.9 Å². The van der Waals surface area contributed by atoms with E-state index in [4.69, 9.17) is 21.9 Å². The predicted octanol–water partition coefficient (Wildman–Crippen LogP) is 3.34. The number of nitrogens with zero attached hydrogens (tertiary/aromatic N) is 1. The van der Waals surface area contributed by atoms with E-state index < -0.39 is 0 Å². The summed E-state index contributed by atoms with van der Waals surface area (Å²) in [6.07, 6.45) is 0. The van der Waals surface area contributed by atoms with Crippen molar-refractivity contribution < 1.29 is 4.52 Å². The lowest BCUT2D eigenvalue weighted by molar-refractivity contribution is 0.439. The summed E-state index contributed by atoms with van der Waals surface area (Å²) >= 11 is 9.14. The van der Waals surface area contributed by atoms with Gasteiger partial charge in [-0.2, -0.15) is 0 Å². The molecule has 14 heavy (non-hydrogen) atoms. The molecule has 0 atom stereocenters. The molecule has 0 saturated heterocycles. The molecule has 0 spiro atoms. The van der Waals surface area contributed by atoms with E-state index in [1.807, 2.05) is 12.1 Å². The molecule has 1 heterocycles. The Bertz CT molecular complexity index is 470. The summed E-state index contributed by atoms with van der Waals surface area (Å²) in [5.41, 5.74) is 7.03. The van der Waals surface area contributed by atoms with E-state index in [0.29, 0.717) is 15.2 Å². The molecular weight excluding hydrogens is 267 g/mol. The lowest BCUT2D eigenvalue weighted by atomic mass is 10.1. The van der Waals surface area contributed by atoms with Crippen LogP contribution in [0.15, 0.2) is 33.3 Å². The number of benzene rings is 1. The third kappa shape index (κ3) is 1.63. The second-order valence-corrected chi connectivity index (χ2v) is 3.95. The third-order valence-electron chi connectivity index (χ3n) is 1.76. The molecule has 3 nitrogen and oxygen atoms in total. The van der Waals surface area contributed by atoms with Gasteiger partial charge in [0.2, 0.25) is 5.88 Å². The molecule has 0 bridgehead atoms. The van der Waals surface area contributed by atoms with Gasteiger partial charge in [-0.05, 0) is 28.1 Å². The molecule has 2 N–H and O–H groups in total. The number of aromatic nitrogens is 1. The molecule has 2 aromatic rings. The van der Waals surface area contributed by atoms with Crippen LogP contribution in [0.25, 0.3) is 11.3 Å². The van der Waals surface area contributed by atoms with Gasteiger partial charge in [-0.15, -0.1) is 0 Å². The highest BCUT2D eigenvalue weighted by molar-refractivity contribution is 9.10. The van der Waals surface area contributed by atoms with Crippen molar-refractivity contribution in [2.75, 3.05) is 5.73 Å². The molecule has 2 rings (SSSR count). The lowest BCUT2D eigenvalue weighted by Crippen LogP contribution is -1.81. The summed E-state index contributed by atoms with van der Waals surface area (Å²) in [6, 6.07) is 7.31. The number of rotatable bonds is 1. The SMILES string of the molecule is Nc1onc(-c2cccc(Cl)c2)c1Br. The second kappa shape index (κ2) is 3.63. The Morgan fingerprint density at radius 1 is 1.43 bits per heavy atom. The molecule has 0 saturated carbocycles. The minimum absolute atomic E-state index is 0.264. The highest BCUT2D eigenvalue weighted by atomic mass is 79.9. The van der Waals surface area contributed by atoms with Gasteiger partial charge in [-0.3, -0.25) is 0 Å². The summed E-state index contributed by atoms with van der Waals surface area (Å²) in [4.78, 5) is 0. The highest BCUT2D eigenvalue weighted by Gasteiger charge is 2.12. The Morgan fingerprint density at radius 3 is 2.79 bits per heavy atom. The van der Waals surface area contributed by atoms with Crippen molar-refractivity contribution in [1.82, 2.24) is 5.16 Å². The second-order valence-electron chi connectivity index (χ2n) is 2.72.